The first-order valence-corrected chi connectivity index (χ1v) is 7.27. The molecule has 0 fully saturated rings. The lowest BCUT2D eigenvalue weighted by molar-refractivity contribution is 0.131. The van der Waals surface area contributed by atoms with Gasteiger partial charge in [0.2, 0.25) is 0 Å². The van der Waals surface area contributed by atoms with Crippen molar-refractivity contribution < 1.29 is 4.74 Å². The molecule has 1 rings (SSSR count). The minimum absolute atomic E-state index is 0.297. The van der Waals surface area contributed by atoms with E-state index in [0.717, 1.165) is 35.0 Å². The van der Waals surface area contributed by atoms with Crippen LogP contribution in [-0.2, 0) is 4.74 Å². The quantitative estimate of drug-likeness (QED) is 0.748. The Hall–Kier alpha value is 0.0300. The van der Waals surface area contributed by atoms with E-state index in [1.165, 1.54) is 6.42 Å². The molecule has 1 unspecified atom stereocenters. The molecule has 0 spiro atoms. The molecule has 0 amide bonds. The fraction of sp³-hybridized carbons (Fsp3) is 0.727. The molecule has 5 heteroatoms. The summed E-state index contributed by atoms with van der Waals surface area (Å²) >= 11 is 5.08. The first-order valence-electron chi connectivity index (χ1n) is 5.66. The van der Waals surface area contributed by atoms with Crippen molar-refractivity contribution in [3.63, 3.8) is 0 Å². The summed E-state index contributed by atoms with van der Waals surface area (Å²) in [6.07, 6.45) is 4.18. The Morgan fingerprint density at radius 1 is 1.56 bits per heavy atom. The van der Waals surface area contributed by atoms with E-state index in [2.05, 4.69) is 40.1 Å². The highest BCUT2D eigenvalue weighted by atomic mass is 79.9. The van der Waals surface area contributed by atoms with Gasteiger partial charge in [0.15, 0.2) is 0 Å². The van der Waals surface area contributed by atoms with Crippen LogP contribution in [0.4, 0.5) is 0 Å². The number of hydrogen-bond acceptors (Lipinski definition) is 4. The van der Waals surface area contributed by atoms with E-state index in [9.17, 15) is 0 Å². The molecule has 0 aliphatic heterocycles. The van der Waals surface area contributed by atoms with Crippen LogP contribution in [0.25, 0.3) is 0 Å². The van der Waals surface area contributed by atoms with Crippen molar-refractivity contribution in [1.82, 2.24) is 10.3 Å². The summed E-state index contributed by atoms with van der Waals surface area (Å²) in [5, 5.41) is 4.50. The molecular formula is C11H19BrN2OS. The Bertz CT molecular complexity index is 293. The maximum atomic E-state index is 5.48. The molecule has 1 aromatic heterocycles. The summed E-state index contributed by atoms with van der Waals surface area (Å²) in [5.74, 6) is 0. The van der Waals surface area contributed by atoms with Gasteiger partial charge in [-0.05, 0) is 29.3 Å². The molecule has 0 aromatic carbocycles. The van der Waals surface area contributed by atoms with Gasteiger partial charge in [-0.2, -0.15) is 0 Å². The van der Waals surface area contributed by atoms with E-state index in [4.69, 9.17) is 4.74 Å². The number of nitrogens with zero attached hydrogens (tertiary/aromatic N) is 1. The van der Waals surface area contributed by atoms with E-state index in [0.29, 0.717) is 6.04 Å². The maximum absolute atomic E-state index is 5.48. The maximum Gasteiger partial charge on any atom is 0.110 e. The summed E-state index contributed by atoms with van der Waals surface area (Å²) in [6.45, 7) is 6.82. The van der Waals surface area contributed by atoms with E-state index in [1.807, 2.05) is 6.20 Å². The smallest absolute Gasteiger partial charge is 0.110 e. The molecule has 1 aromatic rings. The Kier molecular flexibility index (Phi) is 7.20. The van der Waals surface area contributed by atoms with Crippen molar-refractivity contribution in [3.05, 3.63) is 15.0 Å². The zero-order valence-electron chi connectivity index (χ0n) is 9.83. The average molecular weight is 307 g/mol. The number of thiazole rings is 1. The molecule has 0 aliphatic carbocycles. The predicted octanol–water partition coefficient (Wildman–Crippen LogP) is 3.37. The van der Waals surface area contributed by atoms with Gasteiger partial charge in [0.1, 0.15) is 5.01 Å². The largest absolute Gasteiger partial charge is 0.380 e. The highest BCUT2D eigenvalue weighted by Crippen LogP contribution is 2.23. The Morgan fingerprint density at radius 3 is 3.00 bits per heavy atom. The predicted molar refractivity (Wildman–Crippen MR) is 72.0 cm³/mol. The van der Waals surface area contributed by atoms with E-state index in [-0.39, 0.29) is 0 Å². The molecular weight excluding hydrogens is 288 g/mol. The summed E-state index contributed by atoms with van der Waals surface area (Å²) in [6, 6.07) is 0.297. The lowest BCUT2D eigenvalue weighted by Gasteiger charge is -2.10. The number of nitrogens with one attached hydrogen (secondary N) is 1. The van der Waals surface area contributed by atoms with E-state index in [1.54, 1.807) is 11.3 Å². The highest BCUT2D eigenvalue weighted by Gasteiger charge is 2.08. The molecule has 0 radical (unpaired) electrons. The van der Waals surface area contributed by atoms with Gasteiger partial charge in [-0.1, -0.05) is 13.3 Å². The fourth-order valence-electron chi connectivity index (χ4n) is 1.25. The standard InChI is InChI=1S/C11H19BrN2OS/c1-3-4-6-15-7-5-13-9(2)11-14-8-10(12)16-11/h8-9,13H,3-7H2,1-2H3. The second kappa shape index (κ2) is 8.17. The van der Waals surface area contributed by atoms with Crippen LogP contribution in [0.1, 0.15) is 37.7 Å². The van der Waals surface area contributed by atoms with Crippen LogP contribution in [0.2, 0.25) is 0 Å². The topological polar surface area (TPSA) is 34.1 Å². The monoisotopic (exact) mass is 306 g/mol. The minimum Gasteiger partial charge on any atom is -0.380 e. The zero-order chi connectivity index (χ0) is 11.8. The van der Waals surface area contributed by atoms with Gasteiger partial charge in [-0.15, -0.1) is 11.3 Å². The molecule has 0 saturated heterocycles. The Morgan fingerprint density at radius 2 is 2.38 bits per heavy atom. The SMILES string of the molecule is CCCCOCCNC(C)c1ncc(Br)s1. The summed E-state index contributed by atoms with van der Waals surface area (Å²) in [4.78, 5) is 4.31. The zero-order valence-corrected chi connectivity index (χ0v) is 12.2. The van der Waals surface area contributed by atoms with Gasteiger partial charge >= 0.3 is 0 Å². The van der Waals surface area contributed by atoms with Gasteiger partial charge in [-0.25, -0.2) is 4.98 Å². The van der Waals surface area contributed by atoms with Crippen LogP contribution in [0.5, 0.6) is 0 Å². The van der Waals surface area contributed by atoms with Crippen LogP contribution >= 0.6 is 27.3 Å². The number of unbranched alkanes of at least 4 members (excludes halogenated alkanes) is 1. The van der Waals surface area contributed by atoms with Crippen molar-refractivity contribution in [1.29, 1.82) is 0 Å². The van der Waals surface area contributed by atoms with Crippen LogP contribution < -0.4 is 5.32 Å². The number of rotatable bonds is 8. The number of ether oxygens (including phenoxy) is 1. The molecule has 0 bridgehead atoms. The van der Waals surface area contributed by atoms with Gasteiger partial charge in [-0.3, -0.25) is 0 Å². The first kappa shape index (κ1) is 14.1. The second-order valence-corrected chi connectivity index (χ2v) is 6.09. The van der Waals surface area contributed by atoms with Crippen molar-refractivity contribution in [3.8, 4) is 0 Å². The van der Waals surface area contributed by atoms with Gasteiger partial charge in [0.05, 0.1) is 22.6 Å². The molecule has 1 N–H and O–H groups in total. The van der Waals surface area contributed by atoms with Crippen LogP contribution in [0, 0.1) is 0 Å². The lowest BCUT2D eigenvalue weighted by atomic mass is 10.3. The normalized spacial score (nSPS) is 12.9. The molecule has 3 nitrogen and oxygen atoms in total. The number of hydrogen-bond donors (Lipinski definition) is 1. The number of aromatic nitrogens is 1. The lowest BCUT2D eigenvalue weighted by Crippen LogP contribution is -2.23. The highest BCUT2D eigenvalue weighted by molar-refractivity contribution is 9.11. The fourth-order valence-corrected chi connectivity index (χ4v) is 2.52. The average Bonchev–Trinajstić information content (AvgIpc) is 2.70. The van der Waals surface area contributed by atoms with Gasteiger partial charge in [0.25, 0.3) is 0 Å². The van der Waals surface area contributed by atoms with E-state index >= 15 is 0 Å². The first-order chi connectivity index (χ1) is 7.74. The third kappa shape index (κ3) is 5.39. The molecule has 1 heterocycles. The third-order valence-corrected chi connectivity index (χ3v) is 3.86. The van der Waals surface area contributed by atoms with Crippen molar-refractivity contribution >= 4 is 27.3 Å². The van der Waals surface area contributed by atoms with Gasteiger partial charge in [0, 0.05) is 13.2 Å². The molecule has 92 valence electrons. The molecule has 16 heavy (non-hydrogen) atoms. The molecule has 0 aliphatic rings. The van der Waals surface area contributed by atoms with Crippen molar-refractivity contribution in [2.75, 3.05) is 19.8 Å². The molecule has 0 saturated carbocycles. The van der Waals surface area contributed by atoms with Crippen LogP contribution in [-0.4, -0.2) is 24.7 Å². The molecule has 1 atom stereocenters. The van der Waals surface area contributed by atoms with Crippen LogP contribution in [0.3, 0.4) is 0 Å². The van der Waals surface area contributed by atoms with E-state index < -0.39 is 0 Å². The third-order valence-electron chi connectivity index (χ3n) is 2.20. The number of halogens is 1. The minimum atomic E-state index is 0.297. The van der Waals surface area contributed by atoms with Crippen LogP contribution in [0.15, 0.2) is 9.98 Å². The summed E-state index contributed by atoms with van der Waals surface area (Å²) in [5.41, 5.74) is 0. The van der Waals surface area contributed by atoms with Gasteiger partial charge < -0.3 is 10.1 Å². The summed E-state index contributed by atoms with van der Waals surface area (Å²) in [7, 11) is 0. The Balaban J connectivity index is 2.09. The second-order valence-electron chi connectivity index (χ2n) is 3.64. The Labute approximate surface area is 110 Å². The van der Waals surface area contributed by atoms with Crippen molar-refractivity contribution in [2.45, 2.75) is 32.7 Å². The summed E-state index contributed by atoms with van der Waals surface area (Å²) < 4.78 is 6.56. The van der Waals surface area contributed by atoms with Crippen molar-refractivity contribution in [2.24, 2.45) is 0 Å².